The summed E-state index contributed by atoms with van der Waals surface area (Å²) in [7, 11) is 1.63. The molecular formula is C29H39ClN2O6. The number of nitrogens with zero attached hydrogens (tertiary/aromatic N) is 2. The van der Waals surface area contributed by atoms with E-state index in [1.807, 2.05) is 23.1 Å². The van der Waals surface area contributed by atoms with Crippen LogP contribution in [0.4, 0.5) is 0 Å². The minimum atomic E-state index is -1.15. The maximum Gasteiger partial charge on any atom is 0.222 e. The maximum atomic E-state index is 12.2. The first-order valence-electron chi connectivity index (χ1n) is 13.4. The fraction of sp³-hybridized carbons (Fsp3) is 0.552. The van der Waals surface area contributed by atoms with Gasteiger partial charge in [-0.25, -0.2) is 0 Å². The first-order valence-corrected chi connectivity index (χ1v) is 13.8. The van der Waals surface area contributed by atoms with Crippen molar-refractivity contribution in [1.29, 1.82) is 0 Å². The molecule has 0 spiro atoms. The Hall–Kier alpha value is -2.52. The third kappa shape index (κ3) is 8.50. The molecule has 0 unspecified atom stereocenters. The Balaban J connectivity index is 1.32. The van der Waals surface area contributed by atoms with Crippen molar-refractivity contribution in [2.75, 3.05) is 59.7 Å². The minimum Gasteiger partial charge on any atom is -0.493 e. The van der Waals surface area contributed by atoms with Crippen LogP contribution in [0.15, 0.2) is 42.5 Å². The fourth-order valence-electron chi connectivity index (χ4n) is 4.87. The van der Waals surface area contributed by atoms with Gasteiger partial charge in [0.25, 0.3) is 0 Å². The summed E-state index contributed by atoms with van der Waals surface area (Å²) < 4.78 is 23.2. The zero-order chi connectivity index (χ0) is 26.8. The highest BCUT2D eigenvalue weighted by molar-refractivity contribution is 6.30. The summed E-state index contributed by atoms with van der Waals surface area (Å²) in [6.45, 7) is 4.62. The summed E-state index contributed by atoms with van der Waals surface area (Å²) in [5, 5.41) is 11.9. The molecular weight excluding hydrogens is 508 g/mol. The molecule has 1 N–H and O–H groups in total. The lowest BCUT2D eigenvalue weighted by Crippen LogP contribution is -2.48. The molecule has 2 aromatic carbocycles. The van der Waals surface area contributed by atoms with Gasteiger partial charge in [0.05, 0.1) is 26.9 Å². The molecule has 0 aliphatic carbocycles. The molecule has 2 aromatic rings. The molecule has 2 aliphatic rings. The zero-order valence-electron chi connectivity index (χ0n) is 22.2. The lowest BCUT2D eigenvalue weighted by Gasteiger charge is -2.30. The second-order valence-electron chi connectivity index (χ2n) is 10.1. The van der Waals surface area contributed by atoms with E-state index in [0.717, 1.165) is 37.8 Å². The average Bonchev–Trinajstić information content (AvgIpc) is 3.23. The summed E-state index contributed by atoms with van der Waals surface area (Å²) in [5.74, 6) is 2.25. The molecule has 0 aromatic heterocycles. The number of halogens is 1. The molecule has 1 atom stereocenters. The predicted octanol–water partition coefficient (Wildman–Crippen LogP) is 4.16. The van der Waals surface area contributed by atoms with Crippen LogP contribution in [-0.4, -0.2) is 86.1 Å². The van der Waals surface area contributed by atoms with E-state index in [1.165, 1.54) is 0 Å². The van der Waals surface area contributed by atoms with Crippen LogP contribution >= 0.6 is 11.6 Å². The van der Waals surface area contributed by atoms with E-state index in [2.05, 4.69) is 4.90 Å². The molecule has 1 amide bonds. The number of ether oxygens (including phenoxy) is 4. The Kier molecular flexibility index (Phi) is 10.5. The van der Waals surface area contributed by atoms with Gasteiger partial charge in [-0.15, -0.1) is 0 Å². The van der Waals surface area contributed by atoms with Crippen LogP contribution < -0.4 is 14.2 Å². The quantitative estimate of drug-likeness (QED) is 0.424. The van der Waals surface area contributed by atoms with Crippen molar-refractivity contribution in [1.82, 2.24) is 9.80 Å². The lowest BCUT2D eigenvalue weighted by atomic mass is 10.1. The summed E-state index contributed by atoms with van der Waals surface area (Å²) in [4.78, 5) is 16.4. The lowest BCUT2D eigenvalue weighted by molar-refractivity contribution is -0.130. The van der Waals surface area contributed by atoms with Crippen molar-refractivity contribution in [2.24, 2.45) is 0 Å². The number of likely N-dealkylation sites (tertiary alicyclic amines) is 1. The minimum absolute atomic E-state index is 0.113. The first-order chi connectivity index (χ1) is 18.4. The number of carbonyl (C=O) groups excluding carboxylic acids is 1. The van der Waals surface area contributed by atoms with Crippen molar-refractivity contribution in [2.45, 2.75) is 44.2 Å². The van der Waals surface area contributed by atoms with E-state index in [4.69, 9.17) is 30.5 Å². The number of β-amino-alcohol motifs (C(OH)–C–C–N with tert-alkyl or cyclic N) is 1. The highest BCUT2D eigenvalue weighted by Gasteiger charge is 2.33. The SMILES string of the molecule is COc1ccc(CN2CCOC[C@@](O)(COc3ccc(Cl)cc3)C2)cc1OCCCN1CCCCCC1=O. The topological polar surface area (TPSA) is 80.7 Å². The largest absolute Gasteiger partial charge is 0.493 e. The van der Waals surface area contributed by atoms with Gasteiger partial charge in [-0.1, -0.05) is 24.1 Å². The Bertz CT molecular complexity index is 1040. The van der Waals surface area contributed by atoms with Crippen LogP contribution in [-0.2, 0) is 16.1 Å². The fourth-order valence-corrected chi connectivity index (χ4v) is 5.00. The highest BCUT2D eigenvalue weighted by atomic mass is 35.5. The van der Waals surface area contributed by atoms with Gasteiger partial charge in [0, 0.05) is 44.2 Å². The number of hydrogen-bond acceptors (Lipinski definition) is 7. The van der Waals surface area contributed by atoms with Crippen LogP contribution in [0.5, 0.6) is 17.2 Å². The van der Waals surface area contributed by atoms with Crippen molar-refractivity contribution < 1.29 is 28.8 Å². The van der Waals surface area contributed by atoms with Gasteiger partial charge in [0.1, 0.15) is 18.0 Å². The number of aliphatic hydroxyl groups is 1. The smallest absolute Gasteiger partial charge is 0.222 e. The molecule has 4 rings (SSSR count). The Morgan fingerprint density at radius 1 is 1.05 bits per heavy atom. The second kappa shape index (κ2) is 14.0. The van der Waals surface area contributed by atoms with Gasteiger partial charge >= 0.3 is 0 Å². The van der Waals surface area contributed by atoms with Crippen molar-refractivity contribution in [3.8, 4) is 17.2 Å². The van der Waals surface area contributed by atoms with Crippen molar-refractivity contribution in [3.63, 3.8) is 0 Å². The van der Waals surface area contributed by atoms with E-state index < -0.39 is 5.60 Å². The molecule has 2 aliphatic heterocycles. The molecule has 9 heteroatoms. The van der Waals surface area contributed by atoms with E-state index in [1.54, 1.807) is 31.4 Å². The number of rotatable bonds is 11. The van der Waals surface area contributed by atoms with Gasteiger partial charge in [-0.2, -0.15) is 0 Å². The maximum absolute atomic E-state index is 12.2. The predicted molar refractivity (Wildman–Crippen MR) is 146 cm³/mol. The van der Waals surface area contributed by atoms with Crippen molar-refractivity contribution >= 4 is 17.5 Å². The first kappa shape index (κ1) is 28.5. The van der Waals surface area contributed by atoms with Crippen LogP contribution in [0.3, 0.4) is 0 Å². The number of carbonyl (C=O) groups is 1. The summed E-state index contributed by atoms with van der Waals surface area (Å²) >= 11 is 5.95. The second-order valence-corrected chi connectivity index (χ2v) is 10.5. The summed E-state index contributed by atoms with van der Waals surface area (Å²) in [6, 6.07) is 13.0. The number of hydrogen-bond donors (Lipinski definition) is 1. The molecule has 2 heterocycles. The highest BCUT2D eigenvalue weighted by Crippen LogP contribution is 2.29. The van der Waals surface area contributed by atoms with E-state index in [-0.39, 0.29) is 19.1 Å². The van der Waals surface area contributed by atoms with Crippen LogP contribution in [0.1, 0.15) is 37.7 Å². The van der Waals surface area contributed by atoms with E-state index >= 15 is 0 Å². The molecule has 2 saturated heterocycles. The Morgan fingerprint density at radius 3 is 2.71 bits per heavy atom. The number of benzene rings is 2. The Labute approximate surface area is 230 Å². The van der Waals surface area contributed by atoms with Crippen LogP contribution in [0, 0.1) is 0 Å². The standard InChI is InChI=1S/C29H39ClN2O6/c1-35-26-12-7-23(18-27(26)37-16-5-14-32-13-4-2-3-6-28(32)33)19-31-15-17-36-21-29(34,20-31)22-38-25-10-8-24(30)9-11-25/h7-12,18,34H,2-6,13-17,19-22H2,1H3/t29-/m1/s1. The normalized spacial score (nSPS) is 21.0. The van der Waals surface area contributed by atoms with Crippen LogP contribution in [0.2, 0.25) is 5.02 Å². The van der Waals surface area contributed by atoms with E-state index in [0.29, 0.717) is 68.1 Å². The third-order valence-corrected chi connectivity index (χ3v) is 7.15. The molecule has 0 radical (unpaired) electrons. The van der Waals surface area contributed by atoms with Gasteiger partial charge in [-0.05, 0) is 61.2 Å². The third-order valence-electron chi connectivity index (χ3n) is 6.90. The summed E-state index contributed by atoms with van der Waals surface area (Å²) in [6.07, 6.45) is 4.61. The molecule has 2 fully saturated rings. The molecule has 0 saturated carbocycles. The average molecular weight is 547 g/mol. The molecule has 208 valence electrons. The van der Waals surface area contributed by atoms with Gasteiger partial charge in [0.15, 0.2) is 11.5 Å². The Morgan fingerprint density at radius 2 is 1.89 bits per heavy atom. The van der Waals surface area contributed by atoms with Gasteiger partial charge in [0.2, 0.25) is 5.91 Å². The van der Waals surface area contributed by atoms with Crippen LogP contribution in [0.25, 0.3) is 0 Å². The van der Waals surface area contributed by atoms with Gasteiger partial charge in [-0.3, -0.25) is 9.69 Å². The number of amides is 1. The summed E-state index contributed by atoms with van der Waals surface area (Å²) in [5.41, 5.74) is -0.0986. The van der Waals surface area contributed by atoms with E-state index in [9.17, 15) is 9.90 Å². The molecule has 0 bridgehead atoms. The molecule has 8 nitrogen and oxygen atoms in total. The zero-order valence-corrected chi connectivity index (χ0v) is 23.0. The number of methoxy groups -OCH3 is 1. The monoisotopic (exact) mass is 546 g/mol. The van der Waals surface area contributed by atoms with Crippen molar-refractivity contribution in [3.05, 3.63) is 53.1 Å². The van der Waals surface area contributed by atoms with Gasteiger partial charge < -0.3 is 29.0 Å². The molecule has 38 heavy (non-hydrogen) atoms.